The minimum Gasteiger partial charge on any atom is -0.379 e. The lowest BCUT2D eigenvalue weighted by atomic mass is 10.0. The van der Waals surface area contributed by atoms with Crippen LogP contribution in [-0.2, 0) is 11.3 Å². The predicted octanol–water partition coefficient (Wildman–Crippen LogP) is 2.52. The van der Waals surface area contributed by atoms with E-state index >= 15 is 0 Å². The van der Waals surface area contributed by atoms with Crippen molar-refractivity contribution in [2.24, 2.45) is 5.92 Å². The summed E-state index contributed by atoms with van der Waals surface area (Å²) in [5.74, 6) is 0.598. The number of ether oxygens (including phenoxy) is 1. The van der Waals surface area contributed by atoms with Crippen LogP contribution in [0.3, 0.4) is 0 Å². The van der Waals surface area contributed by atoms with Gasteiger partial charge in [-0.1, -0.05) is 37.3 Å². The van der Waals surface area contributed by atoms with Crippen molar-refractivity contribution in [1.82, 2.24) is 10.2 Å². The summed E-state index contributed by atoms with van der Waals surface area (Å²) in [5, 5.41) is 3.55. The summed E-state index contributed by atoms with van der Waals surface area (Å²) >= 11 is 0. The molecule has 0 radical (unpaired) electrons. The zero-order valence-corrected chi connectivity index (χ0v) is 13.0. The van der Waals surface area contributed by atoms with Crippen molar-refractivity contribution in [2.75, 3.05) is 26.3 Å². The molecule has 0 saturated carbocycles. The van der Waals surface area contributed by atoms with Gasteiger partial charge < -0.3 is 10.1 Å². The lowest BCUT2D eigenvalue weighted by molar-refractivity contribution is 0.147. The summed E-state index contributed by atoms with van der Waals surface area (Å²) in [6.45, 7) is 11.6. The van der Waals surface area contributed by atoms with Crippen LogP contribution in [0.15, 0.2) is 30.3 Å². The largest absolute Gasteiger partial charge is 0.379 e. The molecule has 112 valence electrons. The molecule has 2 unspecified atom stereocenters. The molecule has 0 aliphatic carbocycles. The molecule has 3 heteroatoms. The van der Waals surface area contributed by atoms with E-state index in [1.165, 1.54) is 5.56 Å². The van der Waals surface area contributed by atoms with Gasteiger partial charge in [0.25, 0.3) is 0 Å². The number of rotatable bonds is 7. The Morgan fingerprint density at radius 2 is 2.00 bits per heavy atom. The van der Waals surface area contributed by atoms with Crippen molar-refractivity contribution in [3.8, 4) is 0 Å². The Bertz CT molecular complexity index is 380. The zero-order valence-electron chi connectivity index (χ0n) is 13.0. The van der Waals surface area contributed by atoms with Gasteiger partial charge in [-0.05, 0) is 26.0 Å². The van der Waals surface area contributed by atoms with Crippen LogP contribution in [-0.4, -0.2) is 43.3 Å². The minimum absolute atomic E-state index is 0.511. The Kier molecular flexibility index (Phi) is 6.02. The fraction of sp³-hybridized carbons (Fsp3) is 0.647. The molecule has 1 aromatic rings. The topological polar surface area (TPSA) is 24.5 Å². The molecule has 1 aliphatic rings. The average Bonchev–Trinajstić information content (AvgIpc) is 2.87. The fourth-order valence-electron chi connectivity index (χ4n) is 2.84. The van der Waals surface area contributed by atoms with Gasteiger partial charge in [0.05, 0.1) is 13.2 Å². The van der Waals surface area contributed by atoms with Gasteiger partial charge in [-0.25, -0.2) is 0 Å². The molecule has 0 spiro atoms. The highest BCUT2D eigenvalue weighted by Gasteiger charge is 2.29. The van der Waals surface area contributed by atoms with Gasteiger partial charge in [-0.3, -0.25) is 4.90 Å². The van der Waals surface area contributed by atoms with Crippen LogP contribution >= 0.6 is 0 Å². The summed E-state index contributed by atoms with van der Waals surface area (Å²) in [7, 11) is 0. The normalized spacial score (nSPS) is 22.9. The summed E-state index contributed by atoms with van der Waals surface area (Å²) < 4.78 is 5.66. The van der Waals surface area contributed by atoms with Crippen molar-refractivity contribution in [1.29, 1.82) is 0 Å². The van der Waals surface area contributed by atoms with E-state index < -0.39 is 0 Å². The van der Waals surface area contributed by atoms with Crippen LogP contribution in [0.1, 0.15) is 26.3 Å². The van der Waals surface area contributed by atoms with Gasteiger partial charge in [-0.2, -0.15) is 0 Å². The van der Waals surface area contributed by atoms with Crippen LogP contribution in [0.2, 0.25) is 0 Å². The third kappa shape index (κ3) is 4.30. The SMILES string of the molecule is CCNC1COCC1CN(Cc1ccccc1)C(C)C. The molecule has 1 aromatic carbocycles. The predicted molar refractivity (Wildman–Crippen MR) is 83.8 cm³/mol. The van der Waals surface area contributed by atoms with Gasteiger partial charge in [0, 0.05) is 31.1 Å². The van der Waals surface area contributed by atoms with Gasteiger partial charge in [0.1, 0.15) is 0 Å². The molecule has 1 N–H and O–H groups in total. The van der Waals surface area contributed by atoms with Gasteiger partial charge in [-0.15, -0.1) is 0 Å². The maximum Gasteiger partial charge on any atom is 0.0623 e. The molecule has 3 nitrogen and oxygen atoms in total. The van der Waals surface area contributed by atoms with Crippen molar-refractivity contribution in [3.05, 3.63) is 35.9 Å². The lowest BCUT2D eigenvalue weighted by Crippen LogP contribution is -2.43. The standard InChI is InChI=1S/C17H28N2O/c1-4-18-17-13-20-12-16(17)11-19(14(2)3)10-15-8-6-5-7-9-15/h5-9,14,16-18H,4,10-13H2,1-3H3. The highest BCUT2D eigenvalue weighted by Crippen LogP contribution is 2.18. The van der Waals surface area contributed by atoms with E-state index in [0.717, 1.165) is 32.8 Å². The number of hydrogen-bond acceptors (Lipinski definition) is 3. The van der Waals surface area contributed by atoms with E-state index in [0.29, 0.717) is 18.0 Å². The third-order valence-electron chi connectivity index (χ3n) is 4.09. The molecule has 1 fully saturated rings. The third-order valence-corrected chi connectivity index (χ3v) is 4.09. The van der Waals surface area contributed by atoms with E-state index in [4.69, 9.17) is 4.74 Å². The highest BCUT2D eigenvalue weighted by atomic mass is 16.5. The van der Waals surface area contributed by atoms with Gasteiger partial charge in [0.15, 0.2) is 0 Å². The Labute approximate surface area is 123 Å². The van der Waals surface area contributed by atoms with Gasteiger partial charge >= 0.3 is 0 Å². The molecule has 1 aliphatic heterocycles. The molecule has 2 rings (SSSR count). The Morgan fingerprint density at radius 3 is 2.65 bits per heavy atom. The smallest absolute Gasteiger partial charge is 0.0623 e. The van der Waals surface area contributed by atoms with Crippen LogP contribution in [0.5, 0.6) is 0 Å². The van der Waals surface area contributed by atoms with Crippen LogP contribution < -0.4 is 5.32 Å². The summed E-state index contributed by atoms with van der Waals surface area (Å²) in [5.41, 5.74) is 1.39. The molecule has 1 heterocycles. The second-order valence-electron chi connectivity index (χ2n) is 5.97. The first-order chi connectivity index (χ1) is 9.70. The number of nitrogens with one attached hydrogen (secondary N) is 1. The maximum atomic E-state index is 5.66. The van der Waals surface area contributed by atoms with Crippen molar-refractivity contribution >= 4 is 0 Å². The van der Waals surface area contributed by atoms with E-state index in [2.05, 4.69) is 61.3 Å². The van der Waals surface area contributed by atoms with E-state index in [1.54, 1.807) is 0 Å². The summed E-state index contributed by atoms with van der Waals surface area (Å²) in [4.78, 5) is 2.55. The van der Waals surface area contributed by atoms with Crippen molar-refractivity contribution in [2.45, 2.75) is 39.4 Å². The van der Waals surface area contributed by atoms with Gasteiger partial charge in [0.2, 0.25) is 0 Å². The maximum absolute atomic E-state index is 5.66. The molecular weight excluding hydrogens is 248 g/mol. The Morgan fingerprint density at radius 1 is 1.25 bits per heavy atom. The molecule has 0 aromatic heterocycles. The van der Waals surface area contributed by atoms with E-state index in [-0.39, 0.29) is 0 Å². The Hall–Kier alpha value is -0.900. The molecule has 2 atom stereocenters. The first-order valence-electron chi connectivity index (χ1n) is 7.79. The van der Waals surface area contributed by atoms with Crippen molar-refractivity contribution < 1.29 is 4.74 Å². The molecule has 0 bridgehead atoms. The molecule has 20 heavy (non-hydrogen) atoms. The molecular formula is C17H28N2O. The second kappa shape index (κ2) is 7.77. The molecule has 0 amide bonds. The van der Waals surface area contributed by atoms with Crippen LogP contribution in [0.4, 0.5) is 0 Å². The monoisotopic (exact) mass is 276 g/mol. The van der Waals surface area contributed by atoms with E-state index in [1.807, 2.05) is 0 Å². The average molecular weight is 276 g/mol. The zero-order chi connectivity index (χ0) is 14.4. The minimum atomic E-state index is 0.511. The quantitative estimate of drug-likeness (QED) is 0.828. The summed E-state index contributed by atoms with van der Waals surface area (Å²) in [6.07, 6.45) is 0. The number of hydrogen-bond donors (Lipinski definition) is 1. The second-order valence-corrected chi connectivity index (χ2v) is 5.97. The summed E-state index contributed by atoms with van der Waals surface area (Å²) in [6, 6.07) is 11.8. The van der Waals surface area contributed by atoms with Crippen LogP contribution in [0.25, 0.3) is 0 Å². The number of likely N-dealkylation sites (N-methyl/N-ethyl adjacent to an activating group) is 1. The number of nitrogens with zero attached hydrogens (tertiary/aromatic N) is 1. The molecule has 1 saturated heterocycles. The highest BCUT2D eigenvalue weighted by molar-refractivity contribution is 5.14. The van der Waals surface area contributed by atoms with E-state index in [9.17, 15) is 0 Å². The fourth-order valence-corrected chi connectivity index (χ4v) is 2.84. The lowest BCUT2D eigenvalue weighted by Gasteiger charge is -2.31. The van der Waals surface area contributed by atoms with Crippen LogP contribution in [0, 0.1) is 5.92 Å². The van der Waals surface area contributed by atoms with Crippen molar-refractivity contribution in [3.63, 3.8) is 0 Å². The number of benzene rings is 1. The Balaban J connectivity index is 1.95. The first-order valence-corrected chi connectivity index (χ1v) is 7.79. The first kappa shape index (κ1) is 15.5.